The van der Waals surface area contributed by atoms with E-state index in [1.54, 1.807) is 18.4 Å². The molecule has 1 aromatic carbocycles. The number of anilines is 1. The van der Waals surface area contributed by atoms with Crippen LogP contribution in [-0.2, 0) is 0 Å². The highest BCUT2D eigenvalue weighted by molar-refractivity contribution is 7.99. The van der Waals surface area contributed by atoms with Gasteiger partial charge in [-0.15, -0.1) is 0 Å². The zero-order valence-corrected chi connectivity index (χ0v) is 11.7. The van der Waals surface area contributed by atoms with Gasteiger partial charge in [0.05, 0.1) is 11.2 Å². The quantitative estimate of drug-likeness (QED) is 0.842. The van der Waals surface area contributed by atoms with Gasteiger partial charge in [-0.2, -0.15) is 0 Å². The van der Waals surface area contributed by atoms with Gasteiger partial charge >= 0.3 is 0 Å². The van der Waals surface area contributed by atoms with E-state index in [1.165, 1.54) is 11.8 Å². The van der Waals surface area contributed by atoms with E-state index in [9.17, 15) is 4.79 Å². The van der Waals surface area contributed by atoms with E-state index in [1.807, 2.05) is 26.0 Å². The number of amides is 1. The number of rotatable bonds is 4. The summed E-state index contributed by atoms with van der Waals surface area (Å²) in [7, 11) is 0. The SMILES string of the molecule is CCNC(=O)c1ccc(Sc2ccoc2C)c(N)c1. The number of benzene rings is 1. The van der Waals surface area contributed by atoms with Gasteiger partial charge in [-0.1, -0.05) is 11.8 Å². The number of carbonyl (C=O) groups is 1. The molecule has 2 aromatic rings. The van der Waals surface area contributed by atoms with Crippen molar-refractivity contribution in [2.45, 2.75) is 23.6 Å². The fourth-order valence-electron chi connectivity index (χ4n) is 1.64. The summed E-state index contributed by atoms with van der Waals surface area (Å²) in [5.74, 6) is 0.752. The summed E-state index contributed by atoms with van der Waals surface area (Å²) in [4.78, 5) is 13.6. The summed E-state index contributed by atoms with van der Waals surface area (Å²) in [6, 6.07) is 7.23. The Bertz CT molecular complexity index is 593. The monoisotopic (exact) mass is 276 g/mol. The second kappa shape index (κ2) is 5.84. The fraction of sp³-hybridized carbons (Fsp3) is 0.214. The first kappa shape index (κ1) is 13.5. The Kier molecular flexibility index (Phi) is 4.16. The molecule has 0 spiro atoms. The van der Waals surface area contributed by atoms with Gasteiger partial charge in [-0.05, 0) is 38.1 Å². The van der Waals surface area contributed by atoms with Crippen LogP contribution in [0.15, 0.2) is 44.7 Å². The zero-order valence-electron chi connectivity index (χ0n) is 10.9. The molecule has 100 valence electrons. The highest BCUT2D eigenvalue weighted by Gasteiger charge is 2.10. The number of hydrogen-bond acceptors (Lipinski definition) is 4. The normalized spacial score (nSPS) is 10.4. The molecule has 0 aliphatic carbocycles. The van der Waals surface area contributed by atoms with E-state index < -0.39 is 0 Å². The summed E-state index contributed by atoms with van der Waals surface area (Å²) < 4.78 is 5.24. The van der Waals surface area contributed by atoms with Crippen molar-refractivity contribution in [3.05, 3.63) is 41.9 Å². The van der Waals surface area contributed by atoms with E-state index in [0.717, 1.165) is 15.6 Å². The Labute approximate surface area is 116 Å². The van der Waals surface area contributed by atoms with E-state index in [4.69, 9.17) is 10.2 Å². The summed E-state index contributed by atoms with van der Waals surface area (Å²) in [6.45, 7) is 4.39. The van der Waals surface area contributed by atoms with E-state index in [-0.39, 0.29) is 5.91 Å². The molecule has 0 radical (unpaired) electrons. The average Bonchev–Trinajstić information content (AvgIpc) is 2.78. The van der Waals surface area contributed by atoms with Crippen LogP contribution in [0.3, 0.4) is 0 Å². The van der Waals surface area contributed by atoms with Crippen LogP contribution in [0, 0.1) is 6.92 Å². The third kappa shape index (κ3) is 3.12. The van der Waals surface area contributed by atoms with Crippen LogP contribution in [0.5, 0.6) is 0 Å². The molecular weight excluding hydrogens is 260 g/mol. The lowest BCUT2D eigenvalue weighted by atomic mass is 10.2. The van der Waals surface area contributed by atoms with E-state index in [0.29, 0.717) is 17.8 Å². The molecule has 1 aromatic heterocycles. The third-order valence-electron chi connectivity index (χ3n) is 2.64. The first-order valence-electron chi connectivity index (χ1n) is 6.01. The van der Waals surface area contributed by atoms with Crippen molar-refractivity contribution in [3.8, 4) is 0 Å². The van der Waals surface area contributed by atoms with E-state index in [2.05, 4.69) is 5.32 Å². The number of aryl methyl sites for hydroxylation is 1. The molecular formula is C14H16N2O2S. The molecule has 0 atom stereocenters. The number of furan rings is 1. The van der Waals surface area contributed by atoms with Gasteiger partial charge in [0, 0.05) is 22.7 Å². The van der Waals surface area contributed by atoms with Gasteiger partial charge in [0.2, 0.25) is 0 Å². The number of nitrogens with two attached hydrogens (primary N) is 1. The number of carbonyl (C=O) groups excluding carboxylic acids is 1. The molecule has 0 fully saturated rings. The second-order valence-electron chi connectivity index (χ2n) is 4.06. The Morgan fingerprint density at radius 2 is 2.16 bits per heavy atom. The van der Waals surface area contributed by atoms with Crippen LogP contribution in [0.25, 0.3) is 0 Å². The predicted molar refractivity (Wildman–Crippen MR) is 76.4 cm³/mol. The van der Waals surface area contributed by atoms with Gasteiger partial charge in [-0.25, -0.2) is 0 Å². The lowest BCUT2D eigenvalue weighted by molar-refractivity contribution is 0.0956. The van der Waals surface area contributed by atoms with Crippen LogP contribution >= 0.6 is 11.8 Å². The number of hydrogen-bond donors (Lipinski definition) is 2. The predicted octanol–water partition coefficient (Wildman–Crippen LogP) is 3.07. The number of nitrogen functional groups attached to an aromatic ring is 1. The largest absolute Gasteiger partial charge is 0.468 e. The summed E-state index contributed by atoms with van der Waals surface area (Å²) in [5, 5.41) is 2.75. The van der Waals surface area contributed by atoms with Crippen molar-refractivity contribution in [1.82, 2.24) is 5.32 Å². The molecule has 0 saturated carbocycles. The highest BCUT2D eigenvalue weighted by atomic mass is 32.2. The molecule has 0 unspecified atom stereocenters. The smallest absolute Gasteiger partial charge is 0.251 e. The minimum Gasteiger partial charge on any atom is -0.468 e. The van der Waals surface area contributed by atoms with Crippen molar-refractivity contribution in [2.75, 3.05) is 12.3 Å². The maximum Gasteiger partial charge on any atom is 0.251 e. The number of nitrogens with one attached hydrogen (secondary N) is 1. The molecule has 4 nitrogen and oxygen atoms in total. The standard InChI is InChI=1S/C14H16N2O2S/c1-3-16-14(17)10-4-5-13(11(15)8-10)19-12-6-7-18-9(12)2/h4-8H,3,15H2,1-2H3,(H,16,17). The van der Waals surface area contributed by atoms with Crippen LogP contribution < -0.4 is 11.1 Å². The molecule has 2 rings (SSSR count). The van der Waals surface area contributed by atoms with E-state index >= 15 is 0 Å². The van der Waals surface area contributed by atoms with Gasteiger partial charge in [0.1, 0.15) is 5.76 Å². The summed E-state index contributed by atoms with van der Waals surface area (Å²) in [6.07, 6.45) is 1.65. The van der Waals surface area contributed by atoms with Crippen molar-refractivity contribution in [1.29, 1.82) is 0 Å². The Balaban J connectivity index is 2.20. The maximum absolute atomic E-state index is 11.7. The molecule has 0 aliphatic rings. The van der Waals surface area contributed by atoms with Gasteiger partial charge in [0.15, 0.2) is 0 Å². The van der Waals surface area contributed by atoms with Crippen molar-refractivity contribution in [3.63, 3.8) is 0 Å². The molecule has 1 heterocycles. The average molecular weight is 276 g/mol. The minimum atomic E-state index is -0.106. The summed E-state index contributed by atoms with van der Waals surface area (Å²) in [5.41, 5.74) is 7.16. The Morgan fingerprint density at radius 3 is 2.74 bits per heavy atom. The van der Waals surface area contributed by atoms with Gasteiger partial charge in [0.25, 0.3) is 5.91 Å². The van der Waals surface area contributed by atoms with Crippen LogP contribution in [-0.4, -0.2) is 12.5 Å². The molecule has 1 amide bonds. The van der Waals surface area contributed by atoms with Gasteiger partial charge in [-0.3, -0.25) is 4.79 Å². The fourth-order valence-corrected chi connectivity index (χ4v) is 2.51. The molecule has 19 heavy (non-hydrogen) atoms. The Hall–Kier alpha value is -1.88. The minimum absolute atomic E-state index is 0.106. The lowest BCUT2D eigenvalue weighted by Gasteiger charge is -2.07. The molecule has 0 saturated heterocycles. The molecule has 5 heteroatoms. The highest BCUT2D eigenvalue weighted by Crippen LogP contribution is 2.34. The topological polar surface area (TPSA) is 68.3 Å². The molecule has 0 bridgehead atoms. The van der Waals surface area contributed by atoms with Crippen molar-refractivity contribution >= 4 is 23.4 Å². The zero-order chi connectivity index (χ0) is 13.8. The summed E-state index contributed by atoms with van der Waals surface area (Å²) >= 11 is 1.53. The van der Waals surface area contributed by atoms with Crippen molar-refractivity contribution in [2.24, 2.45) is 0 Å². The van der Waals surface area contributed by atoms with Crippen molar-refractivity contribution < 1.29 is 9.21 Å². The first-order chi connectivity index (χ1) is 9.11. The van der Waals surface area contributed by atoms with Crippen LogP contribution in [0.1, 0.15) is 23.0 Å². The molecule has 3 N–H and O–H groups in total. The third-order valence-corrected chi connectivity index (χ3v) is 3.88. The maximum atomic E-state index is 11.7. The lowest BCUT2D eigenvalue weighted by Crippen LogP contribution is -2.22. The Morgan fingerprint density at radius 1 is 1.37 bits per heavy atom. The second-order valence-corrected chi connectivity index (χ2v) is 5.14. The molecule has 0 aliphatic heterocycles. The van der Waals surface area contributed by atoms with Crippen LogP contribution in [0.4, 0.5) is 5.69 Å². The van der Waals surface area contributed by atoms with Crippen LogP contribution in [0.2, 0.25) is 0 Å². The van der Waals surface area contributed by atoms with Gasteiger partial charge < -0.3 is 15.5 Å². The first-order valence-corrected chi connectivity index (χ1v) is 6.83.